The van der Waals surface area contributed by atoms with Gasteiger partial charge in [0.05, 0.1) is 17.3 Å². The van der Waals surface area contributed by atoms with E-state index in [1.54, 1.807) is 4.68 Å². The maximum Gasteiger partial charge on any atom is 0.252 e. The minimum atomic E-state index is -0.745. The molecule has 1 atom stereocenters. The molecule has 4 rings (SSSR count). The Morgan fingerprint density at radius 3 is 2.61 bits per heavy atom. The Kier molecular flexibility index (Phi) is 4.77. The predicted octanol–water partition coefficient (Wildman–Crippen LogP) is 2.79. The third kappa shape index (κ3) is 3.23. The van der Waals surface area contributed by atoms with Crippen molar-refractivity contribution in [2.45, 2.75) is 63.5 Å². The van der Waals surface area contributed by atoms with Crippen LogP contribution in [-0.4, -0.2) is 26.8 Å². The van der Waals surface area contributed by atoms with Gasteiger partial charge in [0.15, 0.2) is 0 Å². The largest absolute Gasteiger partial charge is 0.368 e. The van der Waals surface area contributed by atoms with Gasteiger partial charge in [-0.2, -0.15) is 11.3 Å². The number of nitrogens with two attached hydrogens (primary N) is 1. The van der Waals surface area contributed by atoms with E-state index in [2.05, 4.69) is 22.6 Å². The van der Waals surface area contributed by atoms with Gasteiger partial charge in [-0.05, 0) is 55.9 Å². The molecule has 2 aromatic rings. The van der Waals surface area contributed by atoms with Gasteiger partial charge in [0, 0.05) is 5.38 Å². The fourth-order valence-corrected chi connectivity index (χ4v) is 4.97. The molecule has 2 amide bonds. The third-order valence-corrected chi connectivity index (χ3v) is 7.32. The SMILES string of the molecule is C[C@@](NC(=O)c1ccsc1)(c1cn(C2(C(N)=O)CC2)nn1)[C@H]1CC[C@H](C)CC1. The third-order valence-electron chi connectivity index (χ3n) is 6.64. The summed E-state index contributed by atoms with van der Waals surface area (Å²) in [5.41, 5.74) is 5.55. The minimum absolute atomic E-state index is 0.104. The first-order valence-corrected chi connectivity index (χ1v) is 10.9. The predicted molar refractivity (Wildman–Crippen MR) is 107 cm³/mol. The Balaban J connectivity index is 1.66. The molecule has 2 aromatic heterocycles. The van der Waals surface area contributed by atoms with Crippen molar-refractivity contribution in [3.8, 4) is 0 Å². The average Bonchev–Trinajstić information content (AvgIpc) is 3.10. The zero-order valence-corrected chi connectivity index (χ0v) is 17.2. The normalized spacial score (nSPS) is 25.6. The van der Waals surface area contributed by atoms with Crippen LogP contribution in [0.2, 0.25) is 0 Å². The molecule has 28 heavy (non-hydrogen) atoms. The lowest BCUT2D eigenvalue weighted by atomic mass is 9.71. The van der Waals surface area contributed by atoms with Crippen molar-refractivity contribution in [1.82, 2.24) is 20.3 Å². The lowest BCUT2D eigenvalue weighted by Gasteiger charge is -2.40. The lowest BCUT2D eigenvalue weighted by Crippen LogP contribution is -2.50. The second-order valence-electron chi connectivity index (χ2n) is 8.57. The highest BCUT2D eigenvalue weighted by Gasteiger charge is 2.52. The van der Waals surface area contributed by atoms with Crippen LogP contribution in [0.5, 0.6) is 0 Å². The van der Waals surface area contributed by atoms with Gasteiger partial charge in [-0.3, -0.25) is 9.59 Å². The molecule has 0 radical (unpaired) electrons. The smallest absolute Gasteiger partial charge is 0.252 e. The van der Waals surface area contributed by atoms with Crippen molar-refractivity contribution >= 4 is 23.2 Å². The second-order valence-corrected chi connectivity index (χ2v) is 9.35. The van der Waals surface area contributed by atoms with E-state index >= 15 is 0 Å². The van der Waals surface area contributed by atoms with Gasteiger partial charge in [0.25, 0.3) is 5.91 Å². The highest BCUT2D eigenvalue weighted by atomic mass is 32.1. The summed E-state index contributed by atoms with van der Waals surface area (Å²) in [5, 5.41) is 15.6. The summed E-state index contributed by atoms with van der Waals surface area (Å²) < 4.78 is 1.60. The number of hydrogen-bond donors (Lipinski definition) is 2. The maximum absolute atomic E-state index is 12.9. The number of nitrogens with zero attached hydrogens (tertiary/aromatic N) is 3. The van der Waals surface area contributed by atoms with Crippen molar-refractivity contribution < 1.29 is 9.59 Å². The van der Waals surface area contributed by atoms with Crippen LogP contribution >= 0.6 is 11.3 Å². The summed E-state index contributed by atoms with van der Waals surface area (Å²) in [6, 6.07) is 1.83. The van der Waals surface area contributed by atoms with Gasteiger partial charge in [-0.25, -0.2) is 4.68 Å². The van der Waals surface area contributed by atoms with Crippen molar-refractivity contribution in [2.24, 2.45) is 17.6 Å². The summed E-state index contributed by atoms with van der Waals surface area (Å²) in [5.74, 6) is 0.487. The lowest BCUT2D eigenvalue weighted by molar-refractivity contribution is -0.122. The minimum Gasteiger partial charge on any atom is -0.368 e. The number of thiophene rings is 1. The van der Waals surface area contributed by atoms with E-state index < -0.39 is 11.1 Å². The van der Waals surface area contributed by atoms with Gasteiger partial charge in [-0.1, -0.05) is 25.0 Å². The molecule has 2 aliphatic carbocycles. The summed E-state index contributed by atoms with van der Waals surface area (Å²) in [4.78, 5) is 24.8. The van der Waals surface area contributed by atoms with Gasteiger partial charge in [-0.15, -0.1) is 5.10 Å². The van der Waals surface area contributed by atoms with Crippen LogP contribution in [-0.2, 0) is 15.9 Å². The molecule has 150 valence electrons. The highest BCUT2D eigenvalue weighted by Crippen LogP contribution is 2.44. The fourth-order valence-electron chi connectivity index (χ4n) is 4.33. The summed E-state index contributed by atoms with van der Waals surface area (Å²) in [7, 11) is 0. The zero-order chi connectivity index (χ0) is 19.9. The zero-order valence-electron chi connectivity index (χ0n) is 16.4. The number of rotatable bonds is 6. The Bertz CT molecular complexity index is 865. The van der Waals surface area contributed by atoms with Gasteiger partial charge < -0.3 is 11.1 Å². The quantitative estimate of drug-likeness (QED) is 0.777. The van der Waals surface area contributed by atoms with E-state index in [0.29, 0.717) is 30.0 Å². The molecule has 0 unspecified atom stereocenters. The van der Waals surface area contributed by atoms with E-state index in [0.717, 1.165) is 25.7 Å². The molecule has 7 nitrogen and oxygen atoms in total. The van der Waals surface area contributed by atoms with E-state index in [9.17, 15) is 9.59 Å². The molecule has 2 heterocycles. The molecule has 0 spiro atoms. The molecule has 0 bridgehead atoms. The molecule has 2 fully saturated rings. The van der Waals surface area contributed by atoms with Crippen molar-refractivity contribution in [2.75, 3.05) is 0 Å². The van der Waals surface area contributed by atoms with Gasteiger partial charge in [0.1, 0.15) is 11.2 Å². The van der Waals surface area contributed by atoms with Gasteiger partial charge in [0.2, 0.25) is 5.91 Å². The highest BCUT2D eigenvalue weighted by molar-refractivity contribution is 7.08. The molecule has 2 saturated carbocycles. The summed E-state index contributed by atoms with van der Waals surface area (Å²) in [6.07, 6.45) is 7.49. The molecule has 0 saturated heterocycles. The monoisotopic (exact) mass is 401 g/mol. The number of aromatic nitrogens is 3. The number of carbonyl (C=O) groups excluding carboxylic acids is 2. The van der Waals surface area contributed by atoms with E-state index in [-0.39, 0.29) is 17.7 Å². The van der Waals surface area contributed by atoms with Crippen molar-refractivity contribution in [1.29, 1.82) is 0 Å². The van der Waals surface area contributed by atoms with Crippen LogP contribution in [0.4, 0.5) is 0 Å². The van der Waals surface area contributed by atoms with E-state index in [4.69, 9.17) is 5.73 Å². The standard InChI is InChI=1S/C20H27N5O2S/c1-13-3-5-15(6-4-13)19(2,22-17(26)14-7-10-28-12-14)16-11-25(24-23-16)20(8-9-20)18(21)27/h7,10-13,15H,3-6,8-9H2,1-2H3,(H2,21,27)(H,22,26)/t13-,15-,19-/m0/s1. The van der Waals surface area contributed by atoms with Crippen LogP contribution in [0.1, 0.15) is 68.4 Å². The Labute approximate surface area is 168 Å². The number of hydrogen-bond acceptors (Lipinski definition) is 5. The number of carbonyl (C=O) groups is 2. The Morgan fingerprint density at radius 2 is 2.04 bits per heavy atom. The molecular formula is C20H27N5O2S. The van der Waals surface area contributed by atoms with Gasteiger partial charge >= 0.3 is 0 Å². The van der Waals surface area contributed by atoms with Crippen LogP contribution in [0.25, 0.3) is 0 Å². The first-order valence-electron chi connectivity index (χ1n) is 9.93. The van der Waals surface area contributed by atoms with Crippen molar-refractivity contribution in [3.63, 3.8) is 0 Å². The average molecular weight is 402 g/mol. The van der Waals surface area contributed by atoms with E-state index in [1.165, 1.54) is 11.3 Å². The van der Waals surface area contributed by atoms with Crippen LogP contribution in [0.3, 0.4) is 0 Å². The van der Waals surface area contributed by atoms with Crippen LogP contribution in [0.15, 0.2) is 23.0 Å². The molecule has 0 aliphatic heterocycles. The number of primary amides is 1. The first-order chi connectivity index (χ1) is 13.3. The Hall–Kier alpha value is -2.22. The number of nitrogens with one attached hydrogen (secondary N) is 1. The van der Waals surface area contributed by atoms with E-state index in [1.807, 2.05) is 29.9 Å². The molecule has 2 aliphatic rings. The fraction of sp³-hybridized carbons (Fsp3) is 0.600. The van der Waals surface area contributed by atoms with Crippen molar-refractivity contribution in [3.05, 3.63) is 34.3 Å². The summed E-state index contributed by atoms with van der Waals surface area (Å²) >= 11 is 1.50. The molecule has 3 N–H and O–H groups in total. The maximum atomic E-state index is 12.9. The first kappa shape index (κ1) is 19.1. The van der Waals surface area contributed by atoms with Crippen LogP contribution in [0, 0.1) is 11.8 Å². The second kappa shape index (κ2) is 6.99. The molecule has 0 aromatic carbocycles. The summed E-state index contributed by atoms with van der Waals surface area (Å²) in [6.45, 7) is 4.31. The topological polar surface area (TPSA) is 103 Å². The molecule has 8 heteroatoms. The Morgan fingerprint density at radius 1 is 1.32 bits per heavy atom. The molecular weight excluding hydrogens is 374 g/mol. The number of amides is 2. The van der Waals surface area contributed by atoms with Crippen LogP contribution < -0.4 is 11.1 Å².